The van der Waals surface area contributed by atoms with Gasteiger partial charge in [0.05, 0.1) is 0 Å². The third kappa shape index (κ3) is 1.94. The Balaban J connectivity index is 2.96. The van der Waals surface area contributed by atoms with Gasteiger partial charge in [-0.1, -0.05) is 12.8 Å². The summed E-state index contributed by atoms with van der Waals surface area (Å²) < 4.78 is 2.20. The number of hydrogen-bond acceptors (Lipinski definition) is 3. The third-order valence-electron chi connectivity index (χ3n) is 1.25. The normalized spacial score (nSPS) is 9.27. The molecule has 1 amide bonds. The largest absolute Gasteiger partial charge is 0.297 e. The smallest absolute Gasteiger partial charge is 0.279 e. The van der Waals surface area contributed by atoms with Gasteiger partial charge in [-0.3, -0.25) is 14.5 Å². The predicted octanol–water partition coefficient (Wildman–Crippen LogP) is 0.965. The van der Waals surface area contributed by atoms with Crippen molar-refractivity contribution in [3.63, 3.8) is 0 Å². The van der Waals surface area contributed by atoms with Crippen LogP contribution >= 0.6 is 12.8 Å². The van der Waals surface area contributed by atoms with Gasteiger partial charge in [-0.2, -0.15) is 0 Å². The highest BCUT2D eigenvalue weighted by Crippen LogP contribution is 1.99. The Hall–Kier alpha value is -1.03. The highest BCUT2D eigenvalue weighted by atomic mass is 32.1. The molecule has 0 aliphatic heterocycles. The van der Waals surface area contributed by atoms with Gasteiger partial charge in [-0.15, -0.1) is 0 Å². The fourth-order valence-electron chi connectivity index (χ4n) is 0.718. The summed E-state index contributed by atoms with van der Waals surface area (Å²) in [5.74, 6) is -0.281. The molecule has 0 atom stereocenters. The van der Waals surface area contributed by atoms with E-state index in [-0.39, 0.29) is 5.91 Å². The number of thiol groups is 1. The number of aromatic nitrogens is 1. The van der Waals surface area contributed by atoms with Crippen molar-refractivity contribution in [2.24, 2.45) is 0 Å². The number of hydrogen-bond donors (Lipinski definition) is 2. The quantitative estimate of drug-likeness (QED) is 0.613. The van der Waals surface area contributed by atoms with Crippen molar-refractivity contribution in [1.29, 1.82) is 0 Å². The van der Waals surface area contributed by atoms with E-state index in [1.165, 1.54) is 0 Å². The second-order valence-corrected chi connectivity index (χ2v) is 2.38. The van der Waals surface area contributed by atoms with E-state index in [0.717, 1.165) is 5.56 Å². The summed E-state index contributed by atoms with van der Waals surface area (Å²) in [7, 11) is 0. The number of carbonyl (C=O) groups is 1. The summed E-state index contributed by atoms with van der Waals surface area (Å²) in [6, 6.07) is 3.53. The molecule has 0 unspecified atom stereocenters. The van der Waals surface area contributed by atoms with Crippen LogP contribution in [0.1, 0.15) is 16.1 Å². The van der Waals surface area contributed by atoms with Gasteiger partial charge in [0.1, 0.15) is 5.69 Å². The van der Waals surface area contributed by atoms with Gasteiger partial charge >= 0.3 is 0 Å². The molecule has 0 aromatic carbocycles. The molecule has 0 bridgehead atoms. The Morgan fingerprint density at radius 1 is 1.73 bits per heavy atom. The van der Waals surface area contributed by atoms with Crippen molar-refractivity contribution in [3.8, 4) is 0 Å². The molecule has 0 radical (unpaired) electrons. The average Bonchev–Trinajstić information content (AvgIpc) is 2.03. The van der Waals surface area contributed by atoms with E-state index in [9.17, 15) is 4.79 Å². The number of aryl methyl sites for hydroxylation is 1. The molecule has 0 spiro atoms. The van der Waals surface area contributed by atoms with Crippen molar-refractivity contribution in [2.45, 2.75) is 6.92 Å². The average molecular weight is 168 g/mol. The van der Waals surface area contributed by atoms with E-state index in [1.807, 2.05) is 13.0 Å². The van der Waals surface area contributed by atoms with Gasteiger partial charge in [0.15, 0.2) is 0 Å². The Kier molecular flexibility index (Phi) is 2.48. The monoisotopic (exact) mass is 168 g/mol. The Bertz CT molecular complexity index is 275. The fourth-order valence-corrected chi connectivity index (χ4v) is 0.832. The molecule has 1 aromatic rings. The van der Waals surface area contributed by atoms with Crippen LogP contribution in [0.2, 0.25) is 0 Å². The first-order chi connectivity index (χ1) is 5.24. The maximum atomic E-state index is 10.9. The van der Waals surface area contributed by atoms with Crippen LogP contribution in [-0.2, 0) is 0 Å². The molecule has 1 rings (SSSR count). The predicted molar refractivity (Wildman–Crippen MR) is 45.4 cm³/mol. The minimum Gasteiger partial charge on any atom is -0.297 e. The lowest BCUT2D eigenvalue weighted by Crippen LogP contribution is -2.14. The van der Waals surface area contributed by atoms with Crippen molar-refractivity contribution in [1.82, 2.24) is 9.71 Å². The maximum absolute atomic E-state index is 10.9. The van der Waals surface area contributed by atoms with Gasteiger partial charge in [-0.05, 0) is 24.6 Å². The Morgan fingerprint density at radius 2 is 2.45 bits per heavy atom. The van der Waals surface area contributed by atoms with Crippen molar-refractivity contribution in [2.75, 3.05) is 0 Å². The summed E-state index contributed by atoms with van der Waals surface area (Å²) in [4.78, 5) is 14.8. The molecule has 1 heterocycles. The second-order valence-electron chi connectivity index (χ2n) is 2.16. The van der Waals surface area contributed by atoms with E-state index >= 15 is 0 Å². The van der Waals surface area contributed by atoms with Gasteiger partial charge in [-0.25, -0.2) is 0 Å². The number of rotatable bonds is 1. The second kappa shape index (κ2) is 3.39. The highest BCUT2D eigenvalue weighted by Gasteiger charge is 2.02. The Morgan fingerprint density at radius 3 is 3.00 bits per heavy atom. The highest BCUT2D eigenvalue weighted by molar-refractivity contribution is 7.78. The molecule has 1 aromatic heterocycles. The van der Waals surface area contributed by atoms with Crippen molar-refractivity contribution < 1.29 is 4.79 Å². The van der Waals surface area contributed by atoms with E-state index in [0.29, 0.717) is 5.69 Å². The van der Waals surface area contributed by atoms with E-state index in [1.54, 1.807) is 12.3 Å². The minimum atomic E-state index is -0.281. The van der Waals surface area contributed by atoms with Crippen LogP contribution in [0.5, 0.6) is 0 Å². The zero-order valence-electron chi connectivity index (χ0n) is 6.03. The summed E-state index contributed by atoms with van der Waals surface area (Å²) in [5.41, 5.74) is 1.40. The molecular weight excluding hydrogens is 160 g/mol. The van der Waals surface area contributed by atoms with E-state index in [2.05, 4.69) is 22.5 Å². The lowest BCUT2D eigenvalue weighted by atomic mass is 10.2. The van der Waals surface area contributed by atoms with E-state index < -0.39 is 0 Å². The zero-order valence-corrected chi connectivity index (χ0v) is 6.93. The molecule has 0 aliphatic rings. The van der Waals surface area contributed by atoms with Crippen LogP contribution in [0, 0.1) is 6.92 Å². The number of amides is 1. The number of nitrogens with one attached hydrogen (secondary N) is 1. The summed E-state index contributed by atoms with van der Waals surface area (Å²) in [6.45, 7) is 1.90. The molecular formula is C7H8N2OS. The van der Waals surface area contributed by atoms with Crippen LogP contribution in [0.25, 0.3) is 0 Å². The van der Waals surface area contributed by atoms with Crippen LogP contribution in [-0.4, -0.2) is 10.9 Å². The first-order valence-electron chi connectivity index (χ1n) is 3.11. The third-order valence-corrected chi connectivity index (χ3v) is 1.45. The van der Waals surface area contributed by atoms with Crippen molar-refractivity contribution in [3.05, 3.63) is 29.6 Å². The molecule has 0 saturated carbocycles. The fraction of sp³-hybridized carbons (Fsp3) is 0.143. The topological polar surface area (TPSA) is 42.0 Å². The molecule has 3 nitrogen and oxygen atoms in total. The summed E-state index contributed by atoms with van der Waals surface area (Å²) in [6.07, 6.45) is 1.59. The lowest BCUT2D eigenvalue weighted by Gasteiger charge is -1.97. The molecule has 11 heavy (non-hydrogen) atoms. The maximum Gasteiger partial charge on any atom is 0.279 e. The molecule has 58 valence electrons. The van der Waals surface area contributed by atoms with Gasteiger partial charge < -0.3 is 0 Å². The SMILES string of the molecule is Cc1ccnc(C(=O)NS)c1. The minimum absolute atomic E-state index is 0.281. The van der Waals surface area contributed by atoms with Gasteiger partial charge in [0.25, 0.3) is 5.91 Å². The molecule has 0 saturated heterocycles. The molecule has 0 aliphatic carbocycles. The van der Waals surface area contributed by atoms with Crippen molar-refractivity contribution >= 4 is 18.7 Å². The van der Waals surface area contributed by atoms with Crippen LogP contribution < -0.4 is 4.72 Å². The number of nitrogens with zero attached hydrogens (tertiary/aromatic N) is 1. The first kappa shape index (κ1) is 8.07. The first-order valence-corrected chi connectivity index (χ1v) is 3.56. The van der Waals surface area contributed by atoms with Crippen LogP contribution in [0.4, 0.5) is 0 Å². The van der Waals surface area contributed by atoms with Gasteiger partial charge in [0.2, 0.25) is 0 Å². The summed E-state index contributed by atoms with van der Waals surface area (Å²) >= 11 is 3.62. The standard InChI is InChI=1S/C7H8N2OS/c1-5-2-3-8-6(4-5)7(10)9-11/h2-4,11H,1H3,(H,9,10). The van der Waals surface area contributed by atoms with E-state index in [4.69, 9.17) is 0 Å². The van der Waals surface area contributed by atoms with Gasteiger partial charge in [0, 0.05) is 6.20 Å². The molecule has 1 N–H and O–H groups in total. The molecule has 4 heteroatoms. The Labute approximate surface area is 70.4 Å². The van der Waals surface area contributed by atoms with Crippen LogP contribution in [0.3, 0.4) is 0 Å². The lowest BCUT2D eigenvalue weighted by molar-refractivity contribution is 0.0980. The van der Waals surface area contributed by atoms with Crippen LogP contribution in [0.15, 0.2) is 18.3 Å². The molecule has 0 fully saturated rings. The zero-order chi connectivity index (χ0) is 8.27. The summed E-state index contributed by atoms with van der Waals surface area (Å²) in [5, 5.41) is 0. The number of pyridine rings is 1. The number of carbonyl (C=O) groups excluding carboxylic acids is 1.